The van der Waals surface area contributed by atoms with Gasteiger partial charge in [0.2, 0.25) is 11.8 Å². The lowest BCUT2D eigenvalue weighted by molar-refractivity contribution is -0.165. The van der Waals surface area contributed by atoms with Gasteiger partial charge in [0.1, 0.15) is 0 Å². The molecule has 8 aliphatic carbocycles. The van der Waals surface area contributed by atoms with Crippen LogP contribution in [-0.4, -0.2) is 21.8 Å². The first kappa shape index (κ1) is 23.2. The highest BCUT2D eigenvalue weighted by Crippen LogP contribution is 2.71. The van der Waals surface area contributed by atoms with Crippen LogP contribution in [0.25, 0.3) is 0 Å². The Morgan fingerprint density at radius 3 is 1.25 bits per heavy atom. The second-order valence-electron chi connectivity index (χ2n) is 16.0. The van der Waals surface area contributed by atoms with Crippen molar-refractivity contribution in [1.82, 2.24) is 9.97 Å². The quantitative estimate of drug-likeness (QED) is 0.515. The van der Waals surface area contributed by atoms with Crippen LogP contribution in [0.15, 0.2) is 12.4 Å². The largest absolute Gasteiger partial charge is 0.307 e. The maximum atomic E-state index is 13.9. The second-order valence-corrected chi connectivity index (χ2v) is 16.0. The summed E-state index contributed by atoms with van der Waals surface area (Å²) in [6.07, 6.45) is 16.5. The summed E-state index contributed by atoms with van der Waals surface area (Å²) in [6.45, 7) is 9.55. The van der Waals surface area contributed by atoms with Gasteiger partial charge in [-0.15, -0.1) is 0 Å². The van der Waals surface area contributed by atoms with Crippen LogP contribution in [-0.2, 0) is 9.59 Å². The summed E-state index contributed by atoms with van der Waals surface area (Å²) in [5.41, 5.74) is 0.381. The van der Waals surface area contributed by atoms with E-state index in [0.29, 0.717) is 23.5 Å². The lowest BCUT2D eigenvalue weighted by Crippen LogP contribution is -2.59. The van der Waals surface area contributed by atoms with Crippen molar-refractivity contribution in [3.8, 4) is 0 Å². The number of nitrogens with one attached hydrogen (secondary N) is 2. The van der Waals surface area contributed by atoms with Gasteiger partial charge < -0.3 is 10.6 Å². The smallest absolute Gasteiger partial charge is 0.231 e. The predicted octanol–water partition coefficient (Wildman–Crippen LogP) is 6.35. The Balaban J connectivity index is 1.13. The number of aromatic nitrogens is 2. The molecule has 6 nitrogen and oxygen atoms in total. The van der Waals surface area contributed by atoms with Gasteiger partial charge in [-0.05, 0) is 111 Å². The van der Waals surface area contributed by atoms with Gasteiger partial charge in [-0.1, -0.05) is 27.7 Å². The third kappa shape index (κ3) is 3.41. The Labute approximate surface area is 215 Å². The Kier molecular flexibility index (Phi) is 4.44. The molecule has 8 fully saturated rings. The van der Waals surface area contributed by atoms with E-state index in [1.165, 1.54) is 38.5 Å². The molecule has 9 rings (SSSR count). The fraction of sp³-hybridized carbons (Fsp3) is 0.800. The lowest BCUT2D eigenvalue weighted by Gasteiger charge is -2.64. The Morgan fingerprint density at radius 1 is 0.611 bits per heavy atom. The predicted molar refractivity (Wildman–Crippen MR) is 139 cm³/mol. The minimum absolute atomic E-state index is 0.0786. The molecule has 4 atom stereocenters. The summed E-state index contributed by atoms with van der Waals surface area (Å²) in [7, 11) is 0. The van der Waals surface area contributed by atoms with E-state index >= 15 is 0 Å². The van der Waals surface area contributed by atoms with Gasteiger partial charge >= 0.3 is 0 Å². The van der Waals surface area contributed by atoms with Crippen molar-refractivity contribution in [3.63, 3.8) is 0 Å². The van der Waals surface area contributed by atoms with Gasteiger partial charge in [0.15, 0.2) is 11.6 Å². The van der Waals surface area contributed by atoms with Crippen molar-refractivity contribution < 1.29 is 9.59 Å². The SMILES string of the molecule is CC12CC3CC(C)(C1)CC(C(=O)Nc1nccnc1NC(=O)C14CC5CC(C)(CC(C)(C5)C1)C4)(C3)C2. The lowest BCUT2D eigenvalue weighted by atomic mass is 9.40. The number of hydrogen-bond acceptors (Lipinski definition) is 4. The average Bonchev–Trinajstić information content (AvgIpc) is 2.70. The van der Waals surface area contributed by atoms with Crippen LogP contribution in [0, 0.1) is 44.3 Å². The zero-order valence-corrected chi connectivity index (χ0v) is 22.5. The third-order valence-corrected chi connectivity index (χ3v) is 11.4. The van der Waals surface area contributed by atoms with Crippen molar-refractivity contribution in [3.05, 3.63) is 12.4 Å². The molecule has 0 aromatic carbocycles. The highest BCUT2D eigenvalue weighted by Gasteiger charge is 2.64. The molecule has 0 spiro atoms. The van der Waals surface area contributed by atoms with Gasteiger partial charge in [0, 0.05) is 12.4 Å². The van der Waals surface area contributed by atoms with E-state index in [1.807, 2.05) is 0 Å². The maximum Gasteiger partial charge on any atom is 0.231 e. The summed E-state index contributed by atoms with van der Waals surface area (Å²) in [5.74, 6) is 2.25. The first-order valence-electron chi connectivity index (χ1n) is 14.3. The van der Waals surface area contributed by atoms with Crippen LogP contribution in [0.4, 0.5) is 11.6 Å². The number of nitrogens with zero attached hydrogens (tertiary/aromatic N) is 2. The molecule has 1 aromatic rings. The molecular formula is C30H42N4O2. The van der Waals surface area contributed by atoms with Crippen LogP contribution in [0.1, 0.15) is 105 Å². The minimum atomic E-state index is -0.329. The van der Waals surface area contributed by atoms with Crippen LogP contribution in [0.3, 0.4) is 0 Å². The summed E-state index contributed by atoms with van der Waals surface area (Å²) in [6, 6.07) is 0. The van der Waals surface area contributed by atoms with Gasteiger partial charge in [0.05, 0.1) is 10.8 Å². The number of amides is 2. The Hall–Kier alpha value is -1.98. The fourth-order valence-electron chi connectivity index (χ4n) is 12.4. The topological polar surface area (TPSA) is 84.0 Å². The van der Waals surface area contributed by atoms with Gasteiger partial charge in [-0.2, -0.15) is 0 Å². The molecule has 1 aromatic heterocycles. The Morgan fingerprint density at radius 2 is 0.944 bits per heavy atom. The molecule has 0 aliphatic heterocycles. The van der Waals surface area contributed by atoms with Crippen molar-refractivity contribution in [2.24, 2.45) is 44.3 Å². The molecule has 2 N–H and O–H groups in total. The van der Waals surface area contributed by atoms with E-state index in [4.69, 9.17) is 0 Å². The molecule has 36 heavy (non-hydrogen) atoms. The standard InChI is InChI=1S/C30H42N4O2/c1-25-7-19-8-26(2,13-25)16-29(11-19,15-25)23(35)33-21-22(32-6-5-31-21)34-24(36)30-12-20-9-27(3,17-30)14-28(4,10-20)18-30/h5-6,19-20H,7-18H2,1-4H3,(H,31,33,35)(H,32,34,36). The van der Waals surface area contributed by atoms with Gasteiger partial charge in [0.25, 0.3) is 0 Å². The highest BCUT2D eigenvalue weighted by atomic mass is 16.2. The molecule has 1 heterocycles. The van der Waals surface area contributed by atoms with E-state index in [9.17, 15) is 9.59 Å². The van der Waals surface area contributed by atoms with E-state index in [2.05, 4.69) is 48.3 Å². The van der Waals surface area contributed by atoms with Crippen molar-refractivity contribution in [1.29, 1.82) is 0 Å². The van der Waals surface area contributed by atoms with Crippen molar-refractivity contribution in [2.45, 2.75) is 105 Å². The van der Waals surface area contributed by atoms with Gasteiger partial charge in [-0.25, -0.2) is 9.97 Å². The van der Waals surface area contributed by atoms with E-state index < -0.39 is 0 Å². The number of hydrogen-bond donors (Lipinski definition) is 2. The number of rotatable bonds is 4. The fourth-order valence-corrected chi connectivity index (χ4v) is 12.4. The summed E-state index contributed by atoms with van der Waals surface area (Å²) >= 11 is 0. The zero-order chi connectivity index (χ0) is 25.2. The first-order chi connectivity index (χ1) is 16.8. The number of carbonyl (C=O) groups excluding carboxylic acids is 2. The number of carbonyl (C=O) groups is 2. The first-order valence-corrected chi connectivity index (χ1v) is 14.3. The normalized spacial score (nSPS) is 49.8. The van der Waals surface area contributed by atoms with E-state index in [-0.39, 0.29) is 44.3 Å². The Bertz CT molecular complexity index is 1040. The third-order valence-electron chi connectivity index (χ3n) is 11.4. The summed E-state index contributed by atoms with van der Waals surface area (Å²) in [5, 5.41) is 6.34. The summed E-state index contributed by atoms with van der Waals surface area (Å²) < 4.78 is 0. The molecule has 8 saturated carbocycles. The molecular weight excluding hydrogens is 448 g/mol. The highest BCUT2D eigenvalue weighted by molar-refractivity contribution is 6.01. The molecule has 4 unspecified atom stereocenters. The van der Waals surface area contributed by atoms with E-state index in [0.717, 1.165) is 38.5 Å². The van der Waals surface area contributed by atoms with E-state index in [1.54, 1.807) is 12.4 Å². The molecule has 194 valence electrons. The van der Waals surface area contributed by atoms with Crippen LogP contribution < -0.4 is 10.6 Å². The van der Waals surface area contributed by atoms with Gasteiger partial charge in [-0.3, -0.25) is 9.59 Å². The van der Waals surface area contributed by atoms with Crippen LogP contribution >= 0.6 is 0 Å². The molecule has 2 amide bonds. The molecule has 0 saturated heterocycles. The second kappa shape index (κ2) is 6.91. The minimum Gasteiger partial charge on any atom is -0.307 e. The molecule has 8 bridgehead atoms. The van der Waals surface area contributed by atoms with Crippen molar-refractivity contribution >= 4 is 23.5 Å². The molecule has 6 heteroatoms. The molecule has 8 aliphatic rings. The summed E-state index contributed by atoms with van der Waals surface area (Å²) in [4.78, 5) is 36.8. The zero-order valence-electron chi connectivity index (χ0n) is 22.5. The maximum absolute atomic E-state index is 13.9. The monoisotopic (exact) mass is 490 g/mol. The van der Waals surface area contributed by atoms with Crippen molar-refractivity contribution in [2.75, 3.05) is 10.6 Å². The number of anilines is 2. The van der Waals surface area contributed by atoms with Crippen LogP contribution in [0.5, 0.6) is 0 Å². The molecule has 0 radical (unpaired) electrons. The van der Waals surface area contributed by atoms with Crippen LogP contribution in [0.2, 0.25) is 0 Å². The average molecular weight is 491 g/mol.